The molecular weight excluding hydrogens is 330 g/mol. The monoisotopic (exact) mass is 349 g/mol. The topological polar surface area (TPSA) is 72.9 Å². The highest BCUT2D eigenvalue weighted by atomic mass is 32.2. The number of aryl methyl sites for hydroxylation is 1. The number of carbonyl (C=O) groups excluding carboxylic acids is 1. The van der Waals surface area contributed by atoms with Crippen LogP contribution in [0.2, 0.25) is 0 Å². The van der Waals surface area contributed by atoms with Crippen LogP contribution in [0.5, 0.6) is 5.75 Å². The maximum absolute atomic E-state index is 13.0. The Bertz CT molecular complexity index is 815. The van der Waals surface area contributed by atoms with Crippen LogP contribution in [0, 0.1) is 6.92 Å². The van der Waals surface area contributed by atoms with Crippen LogP contribution in [-0.2, 0) is 19.6 Å². The number of sulfonamides is 1. The minimum absolute atomic E-state index is 0.0971. The summed E-state index contributed by atoms with van der Waals surface area (Å²) < 4.78 is 36.7. The number of rotatable bonds is 6. The third-order valence-corrected chi connectivity index (χ3v) is 5.24. The molecule has 6 nitrogen and oxygen atoms in total. The number of hydrogen-bond donors (Lipinski definition) is 0. The van der Waals surface area contributed by atoms with Gasteiger partial charge in [-0.25, -0.2) is 8.42 Å². The number of anilines is 1. The lowest BCUT2D eigenvalue weighted by molar-refractivity contribution is -0.138. The Morgan fingerprint density at radius 1 is 1.08 bits per heavy atom. The van der Waals surface area contributed by atoms with E-state index in [2.05, 4.69) is 4.74 Å². The Balaban J connectivity index is 2.52. The second-order valence-electron chi connectivity index (χ2n) is 5.10. The van der Waals surface area contributed by atoms with Gasteiger partial charge < -0.3 is 9.47 Å². The summed E-state index contributed by atoms with van der Waals surface area (Å²) in [5.41, 5.74) is 1.26. The Labute approximate surface area is 141 Å². The largest absolute Gasteiger partial charge is 0.497 e. The molecule has 0 heterocycles. The highest BCUT2D eigenvalue weighted by Crippen LogP contribution is 2.27. The van der Waals surface area contributed by atoms with Gasteiger partial charge in [-0.1, -0.05) is 23.8 Å². The van der Waals surface area contributed by atoms with E-state index in [-0.39, 0.29) is 4.90 Å². The summed E-state index contributed by atoms with van der Waals surface area (Å²) in [6, 6.07) is 12.9. The van der Waals surface area contributed by atoms with Gasteiger partial charge in [0.05, 0.1) is 24.8 Å². The molecule has 0 radical (unpaired) electrons. The molecule has 7 heteroatoms. The van der Waals surface area contributed by atoms with Gasteiger partial charge in [0.25, 0.3) is 10.0 Å². The van der Waals surface area contributed by atoms with Gasteiger partial charge in [-0.3, -0.25) is 9.10 Å². The first-order valence-corrected chi connectivity index (χ1v) is 8.63. The summed E-state index contributed by atoms with van der Waals surface area (Å²) in [5, 5.41) is 0. The molecule has 0 aliphatic rings. The van der Waals surface area contributed by atoms with E-state index in [1.165, 1.54) is 26.4 Å². The van der Waals surface area contributed by atoms with Crippen molar-refractivity contribution in [1.82, 2.24) is 0 Å². The smallest absolute Gasteiger partial charge is 0.326 e. The molecule has 0 aromatic heterocycles. The van der Waals surface area contributed by atoms with E-state index in [1.807, 2.05) is 6.92 Å². The van der Waals surface area contributed by atoms with Crippen molar-refractivity contribution in [2.24, 2.45) is 0 Å². The van der Waals surface area contributed by atoms with Gasteiger partial charge in [-0.15, -0.1) is 0 Å². The second kappa shape index (κ2) is 7.35. The summed E-state index contributed by atoms with van der Waals surface area (Å²) in [6.45, 7) is 1.44. The van der Waals surface area contributed by atoms with Crippen LogP contribution in [0.15, 0.2) is 53.4 Å². The summed E-state index contributed by atoms with van der Waals surface area (Å²) in [6.07, 6.45) is 0. The molecule has 2 aromatic carbocycles. The van der Waals surface area contributed by atoms with E-state index in [9.17, 15) is 13.2 Å². The van der Waals surface area contributed by atoms with Crippen molar-refractivity contribution in [2.45, 2.75) is 11.8 Å². The predicted octanol–water partition coefficient (Wildman–Crippen LogP) is 2.37. The van der Waals surface area contributed by atoms with Gasteiger partial charge in [0, 0.05) is 6.07 Å². The van der Waals surface area contributed by atoms with E-state index < -0.39 is 22.5 Å². The summed E-state index contributed by atoms with van der Waals surface area (Å²) >= 11 is 0. The standard InChI is InChI=1S/C17H19NO5S/c1-13-7-9-16(10-8-13)24(20,21)18(12-17(19)23-3)14-5-4-6-15(11-14)22-2/h4-11H,12H2,1-3H3. The van der Waals surface area contributed by atoms with Crippen molar-refractivity contribution < 1.29 is 22.7 Å². The number of ether oxygens (including phenoxy) is 2. The molecule has 0 bridgehead atoms. The predicted molar refractivity (Wildman–Crippen MR) is 90.7 cm³/mol. The van der Waals surface area contributed by atoms with Crippen LogP contribution < -0.4 is 9.04 Å². The molecule has 0 aliphatic carbocycles. The van der Waals surface area contributed by atoms with Crippen molar-refractivity contribution in [3.8, 4) is 5.75 Å². The summed E-state index contributed by atoms with van der Waals surface area (Å²) in [5.74, 6) is -0.171. The highest BCUT2D eigenvalue weighted by molar-refractivity contribution is 7.92. The molecule has 128 valence electrons. The third kappa shape index (κ3) is 3.86. The maximum Gasteiger partial charge on any atom is 0.326 e. The van der Waals surface area contributed by atoms with Crippen LogP contribution in [0.1, 0.15) is 5.56 Å². The molecule has 24 heavy (non-hydrogen) atoms. The molecule has 0 fully saturated rings. The lowest BCUT2D eigenvalue weighted by Gasteiger charge is -2.23. The van der Waals surface area contributed by atoms with Gasteiger partial charge in [-0.2, -0.15) is 0 Å². The number of esters is 1. The SMILES string of the molecule is COC(=O)CN(c1cccc(OC)c1)S(=O)(=O)c1ccc(C)cc1. The molecule has 0 amide bonds. The number of carbonyl (C=O) groups is 1. The minimum atomic E-state index is -3.92. The van der Waals surface area contributed by atoms with E-state index in [0.29, 0.717) is 11.4 Å². The number of nitrogens with zero attached hydrogens (tertiary/aromatic N) is 1. The van der Waals surface area contributed by atoms with Gasteiger partial charge in [0.2, 0.25) is 0 Å². The van der Waals surface area contributed by atoms with E-state index in [1.54, 1.807) is 36.4 Å². The lowest BCUT2D eigenvalue weighted by Crippen LogP contribution is -2.36. The molecular formula is C17H19NO5S. The zero-order valence-electron chi connectivity index (χ0n) is 13.7. The zero-order valence-corrected chi connectivity index (χ0v) is 14.5. The Morgan fingerprint density at radius 2 is 1.75 bits per heavy atom. The number of hydrogen-bond acceptors (Lipinski definition) is 5. The molecule has 2 rings (SSSR count). The molecule has 0 spiro atoms. The molecule has 2 aromatic rings. The van der Waals surface area contributed by atoms with Crippen LogP contribution in [0.25, 0.3) is 0 Å². The summed E-state index contributed by atoms with van der Waals surface area (Å²) in [4.78, 5) is 11.8. The van der Waals surface area contributed by atoms with Crippen LogP contribution in [0.3, 0.4) is 0 Å². The first-order valence-electron chi connectivity index (χ1n) is 7.19. The van der Waals surface area contributed by atoms with Crippen molar-refractivity contribution in [3.63, 3.8) is 0 Å². The van der Waals surface area contributed by atoms with Crippen LogP contribution in [-0.4, -0.2) is 35.2 Å². The van der Waals surface area contributed by atoms with Crippen molar-refractivity contribution in [2.75, 3.05) is 25.1 Å². The fraction of sp³-hybridized carbons (Fsp3) is 0.235. The van der Waals surface area contributed by atoms with Crippen molar-refractivity contribution in [3.05, 3.63) is 54.1 Å². The van der Waals surface area contributed by atoms with Gasteiger partial charge in [0.15, 0.2) is 0 Å². The fourth-order valence-corrected chi connectivity index (χ4v) is 3.50. The average Bonchev–Trinajstić information content (AvgIpc) is 2.59. The van der Waals surface area contributed by atoms with Crippen molar-refractivity contribution in [1.29, 1.82) is 0 Å². The lowest BCUT2D eigenvalue weighted by atomic mass is 10.2. The Kier molecular flexibility index (Phi) is 5.46. The first kappa shape index (κ1) is 17.8. The van der Waals surface area contributed by atoms with E-state index in [0.717, 1.165) is 9.87 Å². The number of benzene rings is 2. The molecule has 0 atom stereocenters. The zero-order chi connectivity index (χ0) is 17.7. The maximum atomic E-state index is 13.0. The Morgan fingerprint density at radius 3 is 2.33 bits per heavy atom. The van der Waals surface area contributed by atoms with Crippen LogP contribution in [0.4, 0.5) is 5.69 Å². The van der Waals surface area contributed by atoms with Gasteiger partial charge in [-0.05, 0) is 31.2 Å². The fourth-order valence-electron chi connectivity index (χ4n) is 2.10. The van der Waals surface area contributed by atoms with Crippen LogP contribution >= 0.6 is 0 Å². The average molecular weight is 349 g/mol. The quantitative estimate of drug-likeness (QED) is 0.749. The molecule has 0 saturated heterocycles. The first-order chi connectivity index (χ1) is 11.4. The molecule has 0 N–H and O–H groups in total. The molecule has 0 unspecified atom stereocenters. The third-order valence-electron chi connectivity index (χ3n) is 3.45. The number of methoxy groups -OCH3 is 2. The summed E-state index contributed by atoms with van der Waals surface area (Å²) in [7, 11) is -1.23. The normalized spacial score (nSPS) is 11.0. The molecule has 0 aliphatic heterocycles. The Hall–Kier alpha value is -2.54. The minimum Gasteiger partial charge on any atom is -0.497 e. The second-order valence-corrected chi connectivity index (χ2v) is 6.96. The highest BCUT2D eigenvalue weighted by Gasteiger charge is 2.27. The van der Waals surface area contributed by atoms with Gasteiger partial charge >= 0.3 is 5.97 Å². The van der Waals surface area contributed by atoms with Crippen molar-refractivity contribution >= 4 is 21.7 Å². The molecule has 0 saturated carbocycles. The van der Waals surface area contributed by atoms with Gasteiger partial charge in [0.1, 0.15) is 12.3 Å². The van der Waals surface area contributed by atoms with E-state index >= 15 is 0 Å². The van der Waals surface area contributed by atoms with E-state index in [4.69, 9.17) is 4.74 Å².